The molecule has 1 atom stereocenters. The molecule has 0 heterocycles. The van der Waals surface area contributed by atoms with Crippen molar-refractivity contribution in [1.82, 2.24) is 10.6 Å². The highest BCUT2D eigenvalue weighted by atomic mass is 32.2. The highest BCUT2D eigenvalue weighted by Gasteiger charge is 2.19. The predicted octanol–water partition coefficient (Wildman–Crippen LogP) is 2.39. The zero-order valence-electron chi connectivity index (χ0n) is 12.7. The van der Waals surface area contributed by atoms with Crippen LogP contribution in [0.25, 0.3) is 0 Å². The summed E-state index contributed by atoms with van der Waals surface area (Å²) in [7, 11) is -3.59. The lowest BCUT2D eigenvalue weighted by Crippen LogP contribution is -2.40. The van der Waals surface area contributed by atoms with Crippen LogP contribution in [-0.2, 0) is 9.84 Å². The Bertz CT molecular complexity index is 657. The van der Waals surface area contributed by atoms with Crippen LogP contribution in [0, 0.1) is 11.7 Å². The largest absolute Gasteiger partial charge is 0.338 e. The number of carbonyl (C=O) groups is 1. The Kier molecular flexibility index (Phi) is 5.05. The van der Waals surface area contributed by atoms with Crippen molar-refractivity contribution in [2.24, 2.45) is 5.92 Å². The number of halogens is 1. The number of hydrogen-bond acceptors (Lipinski definition) is 3. The first-order valence-electron chi connectivity index (χ1n) is 7.31. The van der Waals surface area contributed by atoms with E-state index in [4.69, 9.17) is 0 Å². The third-order valence-corrected chi connectivity index (χ3v) is 5.11. The topological polar surface area (TPSA) is 75.3 Å². The van der Waals surface area contributed by atoms with E-state index in [0.29, 0.717) is 18.0 Å². The van der Waals surface area contributed by atoms with Gasteiger partial charge in [0.15, 0.2) is 9.84 Å². The molecule has 122 valence electrons. The van der Waals surface area contributed by atoms with Crippen LogP contribution in [0.5, 0.6) is 0 Å². The summed E-state index contributed by atoms with van der Waals surface area (Å²) in [5, 5.41) is 5.51. The fourth-order valence-electron chi connectivity index (χ4n) is 2.35. The zero-order chi connectivity index (χ0) is 16.3. The molecule has 1 aliphatic rings. The van der Waals surface area contributed by atoms with Crippen molar-refractivity contribution in [1.29, 1.82) is 0 Å². The number of urea groups is 1. The molecule has 2 rings (SSSR count). The van der Waals surface area contributed by atoms with Gasteiger partial charge in [-0.25, -0.2) is 17.6 Å². The molecule has 5 nitrogen and oxygen atoms in total. The van der Waals surface area contributed by atoms with Gasteiger partial charge in [0.25, 0.3) is 0 Å². The minimum absolute atomic E-state index is 0.299. The van der Waals surface area contributed by atoms with Gasteiger partial charge in [-0.3, -0.25) is 0 Å². The smallest absolute Gasteiger partial charge is 0.315 e. The Morgan fingerprint density at radius 3 is 2.59 bits per heavy atom. The van der Waals surface area contributed by atoms with Crippen molar-refractivity contribution in [3.8, 4) is 0 Å². The number of sulfone groups is 1. The minimum atomic E-state index is -3.59. The van der Waals surface area contributed by atoms with Gasteiger partial charge in [-0.05, 0) is 43.4 Å². The molecule has 0 spiro atoms. The van der Waals surface area contributed by atoms with Gasteiger partial charge in [-0.15, -0.1) is 0 Å². The summed E-state index contributed by atoms with van der Waals surface area (Å²) >= 11 is 0. The lowest BCUT2D eigenvalue weighted by molar-refractivity contribution is 0.229. The number of amides is 2. The van der Waals surface area contributed by atoms with Crippen LogP contribution in [0.3, 0.4) is 0 Å². The third kappa shape index (κ3) is 4.19. The van der Waals surface area contributed by atoms with Crippen molar-refractivity contribution in [2.75, 3.05) is 12.8 Å². The summed E-state index contributed by atoms with van der Waals surface area (Å²) in [6.07, 6.45) is 4.47. The van der Waals surface area contributed by atoms with Crippen molar-refractivity contribution < 1.29 is 17.6 Å². The maximum absolute atomic E-state index is 13.8. The summed E-state index contributed by atoms with van der Waals surface area (Å²) < 4.78 is 36.6. The summed E-state index contributed by atoms with van der Waals surface area (Å²) in [5.41, 5.74) is 0.517. The minimum Gasteiger partial charge on any atom is -0.338 e. The molecule has 2 N–H and O–H groups in total. The molecule has 0 aliphatic heterocycles. The Morgan fingerprint density at radius 2 is 2.09 bits per heavy atom. The van der Waals surface area contributed by atoms with E-state index < -0.39 is 21.7 Å². The second-order valence-electron chi connectivity index (χ2n) is 5.84. The first-order chi connectivity index (χ1) is 10.3. The molecule has 0 bridgehead atoms. The summed E-state index contributed by atoms with van der Waals surface area (Å²) in [5.74, 6) is -0.240. The van der Waals surface area contributed by atoms with E-state index in [-0.39, 0.29) is 10.9 Å². The van der Waals surface area contributed by atoms with Gasteiger partial charge in [0.05, 0.1) is 6.04 Å². The zero-order valence-corrected chi connectivity index (χ0v) is 13.5. The number of benzene rings is 1. The molecule has 0 unspecified atom stereocenters. The Morgan fingerprint density at radius 1 is 1.41 bits per heavy atom. The first kappa shape index (κ1) is 16.7. The van der Waals surface area contributed by atoms with E-state index in [9.17, 15) is 17.6 Å². The van der Waals surface area contributed by atoms with Crippen molar-refractivity contribution in [3.05, 3.63) is 29.6 Å². The number of hydrogen-bond donors (Lipinski definition) is 2. The van der Waals surface area contributed by atoms with Gasteiger partial charge in [-0.2, -0.15) is 0 Å². The molecule has 0 saturated heterocycles. The fraction of sp³-hybridized carbons (Fsp3) is 0.533. The second kappa shape index (κ2) is 6.64. The summed E-state index contributed by atoms with van der Waals surface area (Å²) in [6.45, 7) is 2.37. The lowest BCUT2D eigenvalue weighted by Gasteiger charge is -2.25. The van der Waals surface area contributed by atoms with Gasteiger partial charge in [0.1, 0.15) is 10.7 Å². The predicted molar refractivity (Wildman–Crippen MR) is 81.8 cm³/mol. The molecule has 1 aliphatic carbocycles. The van der Waals surface area contributed by atoms with Gasteiger partial charge < -0.3 is 10.6 Å². The molecule has 2 amide bonds. The van der Waals surface area contributed by atoms with Crippen molar-refractivity contribution in [2.45, 2.75) is 37.1 Å². The van der Waals surface area contributed by atoms with Gasteiger partial charge in [-0.1, -0.05) is 12.5 Å². The number of rotatable bonds is 5. The SMILES string of the molecule is C[C@@H](NC(=O)NCC1CCC1)c1ccc(S(C)(=O)=O)c(F)c1. The van der Waals surface area contributed by atoms with Crippen LogP contribution < -0.4 is 10.6 Å². The van der Waals surface area contributed by atoms with Crippen molar-refractivity contribution in [3.63, 3.8) is 0 Å². The molecule has 0 radical (unpaired) electrons. The van der Waals surface area contributed by atoms with Gasteiger partial charge in [0, 0.05) is 12.8 Å². The van der Waals surface area contributed by atoms with E-state index in [0.717, 1.165) is 25.2 Å². The van der Waals surface area contributed by atoms with Crippen LogP contribution in [0.1, 0.15) is 37.8 Å². The molecule has 1 fully saturated rings. The van der Waals surface area contributed by atoms with E-state index >= 15 is 0 Å². The van der Waals surface area contributed by atoms with Crippen LogP contribution in [-0.4, -0.2) is 27.2 Å². The van der Waals surface area contributed by atoms with Crippen LogP contribution in [0.15, 0.2) is 23.1 Å². The van der Waals surface area contributed by atoms with E-state index in [2.05, 4.69) is 10.6 Å². The van der Waals surface area contributed by atoms with E-state index in [1.54, 1.807) is 6.92 Å². The Hall–Kier alpha value is -1.63. The monoisotopic (exact) mass is 328 g/mol. The highest BCUT2D eigenvalue weighted by molar-refractivity contribution is 7.90. The number of nitrogens with one attached hydrogen (secondary N) is 2. The highest BCUT2D eigenvalue weighted by Crippen LogP contribution is 2.25. The maximum atomic E-state index is 13.8. The Balaban J connectivity index is 1.95. The fourth-order valence-corrected chi connectivity index (χ4v) is 3.08. The third-order valence-electron chi connectivity index (χ3n) is 3.98. The molecule has 22 heavy (non-hydrogen) atoms. The first-order valence-corrected chi connectivity index (χ1v) is 9.20. The van der Waals surface area contributed by atoms with E-state index in [1.807, 2.05) is 0 Å². The molecule has 0 aromatic heterocycles. The second-order valence-corrected chi connectivity index (χ2v) is 7.82. The van der Waals surface area contributed by atoms with Gasteiger partial charge >= 0.3 is 6.03 Å². The van der Waals surface area contributed by atoms with E-state index in [1.165, 1.54) is 18.6 Å². The number of carbonyl (C=O) groups excluding carboxylic acids is 1. The average molecular weight is 328 g/mol. The molecule has 1 aromatic rings. The van der Waals surface area contributed by atoms with Crippen molar-refractivity contribution >= 4 is 15.9 Å². The molecular formula is C15H21FN2O3S. The molecule has 1 aromatic carbocycles. The summed E-state index contributed by atoms with van der Waals surface area (Å²) in [4.78, 5) is 11.4. The standard InChI is InChI=1S/C15H21FN2O3S/c1-10(18-15(19)17-9-11-4-3-5-11)12-6-7-14(13(16)8-12)22(2,20)21/h6-8,10-11H,3-5,9H2,1-2H3,(H2,17,18,19)/t10-/m1/s1. The molecule has 7 heteroatoms. The van der Waals surface area contributed by atoms with Gasteiger partial charge in [0.2, 0.25) is 0 Å². The van der Waals surface area contributed by atoms with Crippen LogP contribution >= 0.6 is 0 Å². The quantitative estimate of drug-likeness (QED) is 0.871. The normalized spacial score (nSPS) is 16.7. The average Bonchev–Trinajstić information content (AvgIpc) is 2.35. The van der Waals surface area contributed by atoms with Crippen LogP contribution in [0.4, 0.5) is 9.18 Å². The van der Waals surface area contributed by atoms with Crippen LogP contribution in [0.2, 0.25) is 0 Å². The Labute approximate surface area is 130 Å². The maximum Gasteiger partial charge on any atom is 0.315 e. The molecular weight excluding hydrogens is 307 g/mol. The lowest BCUT2D eigenvalue weighted by atomic mass is 9.85. The summed E-state index contributed by atoms with van der Waals surface area (Å²) in [6, 6.07) is 3.17. The molecule has 1 saturated carbocycles.